The Morgan fingerprint density at radius 3 is 2.33 bits per heavy atom. The maximum Gasteiger partial charge on any atom is 0.314 e. The average Bonchev–Trinajstić information content (AvgIpc) is 2.48. The van der Waals surface area contributed by atoms with Crippen LogP contribution in [0.2, 0.25) is 0 Å². The monoisotopic (exact) mass is 296 g/mol. The van der Waals surface area contributed by atoms with E-state index in [0.29, 0.717) is 11.5 Å². The number of nitrogens with two attached hydrogens (primary N) is 1. The van der Waals surface area contributed by atoms with Gasteiger partial charge in [0.15, 0.2) is 11.5 Å². The molecule has 2 rings (SSSR count). The molecule has 1 fully saturated rings. The number of nitrogens with zero attached hydrogens (tertiary/aromatic N) is 1. The van der Waals surface area contributed by atoms with Gasteiger partial charge in [-0.1, -0.05) is 6.42 Å². The van der Waals surface area contributed by atoms with Gasteiger partial charge in [0.05, 0.1) is 25.2 Å². The highest BCUT2D eigenvalue weighted by atomic mass is 16.6. The second-order valence-electron chi connectivity index (χ2n) is 5.04. The smallest absolute Gasteiger partial charge is 0.314 e. The van der Waals surface area contributed by atoms with E-state index in [9.17, 15) is 10.1 Å². The van der Waals surface area contributed by atoms with E-state index in [0.717, 1.165) is 25.7 Å². The molecule has 0 aliphatic heterocycles. The minimum absolute atomic E-state index is 0.105. The molecule has 0 heterocycles. The van der Waals surface area contributed by atoms with Crippen molar-refractivity contribution in [2.75, 3.05) is 14.2 Å². The predicted octanol–water partition coefficient (Wildman–Crippen LogP) is 2.26. The molecule has 7 nitrogen and oxygen atoms in total. The SMILES string of the molecule is COc1cc(OC2CCCCC2N)c([N+](=O)[O-])cc1OC. The van der Waals surface area contributed by atoms with Crippen LogP contribution in [0.15, 0.2) is 12.1 Å². The summed E-state index contributed by atoms with van der Waals surface area (Å²) in [5, 5.41) is 11.2. The minimum Gasteiger partial charge on any atom is -0.493 e. The molecule has 0 saturated heterocycles. The molecule has 2 N–H and O–H groups in total. The van der Waals surface area contributed by atoms with Gasteiger partial charge in [-0.3, -0.25) is 10.1 Å². The molecule has 0 spiro atoms. The van der Waals surface area contributed by atoms with E-state index in [1.807, 2.05) is 0 Å². The van der Waals surface area contributed by atoms with Gasteiger partial charge in [0, 0.05) is 12.1 Å². The van der Waals surface area contributed by atoms with Crippen LogP contribution in [0, 0.1) is 10.1 Å². The van der Waals surface area contributed by atoms with Crippen LogP contribution in [-0.4, -0.2) is 31.3 Å². The first-order valence-corrected chi connectivity index (χ1v) is 6.89. The first kappa shape index (κ1) is 15.4. The Balaban J connectivity index is 2.33. The van der Waals surface area contributed by atoms with Crippen molar-refractivity contribution in [2.24, 2.45) is 5.73 Å². The number of rotatable bonds is 5. The second-order valence-corrected chi connectivity index (χ2v) is 5.04. The molecule has 0 bridgehead atoms. The fraction of sp³-hybridized carbons (Fsp3) is 0.571. The van der Waals surface area contributed by atoms with Crippen molar-refractivity contribution in [1.82, 2.24) is 0 Å². The Labute approximate surface area is 123 Å². The lowest BCUT2D eigenvalue weighted by Gasteiger charge is -2.29. The Kier molecular flexibility index (Phi) is 4.85. The molecule has 116 valence electrons. The van der Waals surface area contributed by atoms with Crippen LogP contribution < -0.4 is 19.9 Å². The summed E-state index contributed by atoms with van der Waals surface area (Å²) in [5.41, 5.74) is 5.88. The van der Waals surface area contributed by atoms with Crippen molar-refractivity contribution in [3.05, 3.63) is 22.2 Å². The summed E-state index contributed by atoms with van der Waals surface area (Å²) in [6.07, 6.45) is 3.53. The van der Waals surface area contributed by atoms with Crippen molar-refractivity contribution in [3.63, 3.8) is 0 Å². The van der Waals surface area contributed by atoms with Crippen molar-refractivity contribution >= 4 is 5.69 Å². The van der Waals surface area contributed by atoms with Crippen LogP contribution in [0.5, 0.6) is 17.2 Å². The van der Waals surface area contributed by atoms with Crippen LogP contribution in [0.25, 0.3) is 0 Å². The van der Waals surface area contributed by atoms with Crippen molar-refractivity contribution in [3.8, 4) is 17.2 Å². The van der Waals surface area contributed by atoms with Gasteiger partial charge in [0.1, 0.15) is 6.10 Å². The first-order chi connectivity index (χ1) is 10.1. The van der Waals surface area contributed by atoms with E-state index < -0.39 is 4.92 Å². The standard InChI is InChI=1S/C14H20N2O5/c1-19-13-7-10(16(17)18)12(8-14(13)20-2)21-11-6-4-3-5-9(11)15/h7-9,11H,3-6,15H2,1-2H3. The van der Waals surface area contributed by atoms with Gasteiger partial charge in [0.25, 0.3) is 0 Å². The third-order valence-electron chi connectivity index (χ3n) is 3.69. The summed E-state index contributed by atoms with van der Waals surface area (Å²) >= 11 is 0. The minimum atomic E-state index is -0.494. The molecule has 1 aliphatic rings. The maximum atomic E-state index is 11.2. The molecule has 0 aromatic heterocycles. The number of nitro groups is 1. The van der Waals surface area contributed by atoms with Gasteiger partial charge in [0.2, 0.25) is 5.75 Å². The van der Waals surface area contributed by atoms with E-state index in [1.54, 1.807) is 0 Å². The van der Waals surface area contributed by atoms with Crippen LogP contribution in [0.4, 0.5) is 5.69 Å². The van der Waals surface area contributed by atoms with Gasteiger partial charge < -0.3 is 19.9 Å². The Morgan fingerprint density at radius 1 is 1.14 bits per heavy atom. The van der Waals surface area contributed by atoms with Gasteiger partial charge in [-0.25, -0.2) is 0 Å². The van der Waals surface area contributed by atoms with Gasteiger partial charge in [-0.2, -0.15) is 0 Å². The van der Waals surface area contributed by atoms with E-state index in [4.69, 9.17) is 19.9 Å². The molecule has 1 aliphatic carbocycles. The molecular weight excluding hydrogens is 276 g/mol. The largest absolute Gasteiger partial charge is 0.493 e. The average molecular weight is 296 g/mol. The topological polar surface area (TPSA) is 96.9 Å². The summed E-state index contributed by atoms with van der Waals surface area (Å²) in [6, 6.07) is 2.69. The maximum absolute atomic E-state index is 11.2. The van der Waals surface area contributed by atoms with Gasteiger partial charge >= 0.3 is 5.69 Å². The van der Waals surface area contributed by atoms with Crippen LogP contribution in [-0.2, 0) is 0 Å². The highest BCUT2D eigenvalue weighted by Crippen LogP contribution is 2.40. The normalized spacial score (nSPS) is 21.7. The number of methoxy groups -OCH3 is 2. The Morgan fingerprint density at radius 2 is 1.76 bits per heavy atom. The molecule has 2 unspecified atom stereocenters. The number of hydrogen-bond acceptors (Lipinski definition) is 6. The van der Waals surface area contributed by atoms with Crippen LogP contribution in [0.1, 0.15) is 25.7 Å². The molecule has 7 heteroatoms. The number of benzene rings is 1. The molecule has 21 heavy (non-hydrogen) atoms. The van der Waals surface area contributed by atoms with Crippen molar-refractivity contribution in [1.29, 1.82) is 0 Å². The zero-order valence-electron chi connectivity index (χ0n) is 12.2. The van der Waals surface area contributed by atoms with Gasteiger partial charge in [-0.05, 0) is 19.3 Å². The summed E-state index contributed by atoms with van der Waals surface area (Å²) in [7, 11) is 2.90. The molecule has 1 aromatic rings. The summed E-state index contributed by atoms with van der Waals surface area (Å²) in [6.45, 7) is 0. The van der Waals surface area contributed by atoms with Crippen molar-refractivity contribution in [2.45, 2.75) is 37.8 Å². The molecule has 0 radical (unpaired) electrons. The third-order valence-corrected chi connectivity index (χ3v) is 3.69. The zero-order valence-corrected chi connectivity index (χ0v) is 12.2. The quantitative estimate of drug-likeness (QED) is 0.661. The van der Waals surface area contributed by atoms with E-state index >= 15 is 0 Å². The van der Waals surface area contributed by atoms with Gasteiger partial charge in [-0.15, -0.1) is 0 Å². The van der Waals surface area contributed by atoms with E-state index in [-0.39, 0.29) is 23.6 Å². The van der Waals surface area contributed by atoms with Crippen LogP contribution >= 0.6 is 0 Å². The number of ether oxygens (including phenoxy) is 3. The third kappa shape index (κ3) is 3.36. The highest BCUT2D eigenvalue weighted by Gasteiger charge is 2.28. The summed E-state index contributed by atoms with van der Waals surface area (Å²) in [5.74, 6) is 0.854. The highest BCUT2D eigenvalue weighted by molar-refractivity contribution is 5.58. The molecule has 1 aromatic carbocycles. The van der Waals surface area contributed by atoms with E-state index in [1.165, 1.54) is 26.4 Å². The zero-order chi connectivity index (χ0) is 15.4. The Bertz CT molecular complexity index is 520. The predicted molar refractivity (Wildman–Crippen MR) is 77.1 cm³/mol. The Hall–Kier alpha value is -2.02. The summed E-state index contributed by atoms with van der Waals surface area (Å²) in [4.78, 5) is 10.7. The molecule has 1 saturated carbocycles. The lowest BCUT2D eigenvalue weighted by molar-refractivity contribution is -0.386. The molecule has 2 atom stereocenters. The second kappa shape index (κ2) is 6.62. The van der Waals surface area contributed by atoms with Crippen LogP contribution in [0.3, 0.4) is 0 Å². The summed E-state index contributed by atoms with van der Waals surface area (Å²) < 4.78 is 16.1. The number of hydrogen-bond donors (Lipinski definition) is 1. The first-order valence-electron chi connectivity index (χ1n) is 6.89. The fourth-order valence-electron chi connectivity index (χ4n) is 2.52. The number of nitro benzene ring substituents is 1. The lowest BCUT2D eigenvalue weighted by atomic mass is 9.93. The fourth-order valence-corrected chi connectivity index (χ4v) is 2.52. The lowest BCUT2D eigenvalue weighted by Crippen LogP contribution is -2.41. The molecular formula is C14H20N2O5. The van der Waals surface area contributed by atoms with E-state index in [2.05, 4.69) is 0 Å². The van der Waals surface area contributed by atoms with Crippen molar-refractivity contribution < 1.29 is 19.1 Å². The molecule has 0 amide bonds.